The topological polar surface area (TPSA) is 32.3 Å². The summed E-state index contributed by atoms with van der Waals surface area (Å²) in [5.74, 6) is 0. The van der Waals surface area contributed by atoms with Crippen LogP contribution in [0.5, 0.6) is 0 Å². The van der Waals surface area contributed by atoms with Crippen LogP contribution in [0.15, 0.2) is 17.5 Å². The van der Waals surface area contributed by atoms with Gasteiger partial charge in [-0.2, -0.15) is 0 Å². The van der Waals surface area contributed by atoms with E-state index in [1.807, 2.05) is 0 Å². The molecule has 1 aromatic heterocycles. The molecule has 1 rings (SSSR count). The number of hydrogen-bond donors (Lipinski definition) is 2. The Hall–Kier alpha value is -0.380. The molecule has 1 atom stereocenters. The highest BCUT2D eigenvalue weighted by atomic mass is 32.1. The summed E-state index contributed by atoms with van der Waals surface area (Å²) in [6.07, 6.45) is 0.995. The van der Waals surface area contributed by atoms with Gasteiger partial charge in [0.1, 0.15) is 0 Å². The lowest BCUT2D eigenvalue weighted by Crippen LogP contribution is -2.35. The quantitative estimate of drug-likeness (QED) is 0.810. The predicted octanol–water partition coefficient (Wildman–Crippen LogP) is 2.63. The van der Waals surface area contributed by atoms with E-state index in [0.717, 1.165) is 13.0 Å². The van der Waals surface area contributed by atoms with Crippen molar-refractivity contribution in [1.29, 1.82) is 0 Å². The van der Waals surface area contributed by atoms with Crippen molar-refractivity contribution in [1.82, 2.24) is 5.32 Å². The number of hydrogen-bond acceptors (Lipinski definition) is 3. The average Bonchev–Trinajstić information content (AvgIpc) is 2.62. The third-order valence-electron chi connectivity index (χ3n) is 2.22. The van der Waals surface area contributed by atoms with Crippen LogP contribution in [0.2, 0.25) is 0 Å². The van der Waals surface area contributed by atoms with Crippen molar-refractivity contribution in [2.24, 2.45) is 5.41 Å². The molecular weight excluding hydrogens is 206 g/mol. The van der Waals surface area contributed by atoms with Crippen LogP contribution >= 0.6 is 11.3 Å². The van der Waals surface area contributed by atoms with Gasteiger partial charge >= 0.3 is 0 Å². The Morgan fingerprint density at radius 1 is 1.47 bits per heavy atom. The molecule has 0 aliphatic heterocycles. The molecule has 0 amide bonds. The minimum absolute atomic E-state index is 0.201. The lowest BCUT2D eigenvalue weighted by molar-refractivity contribution is 0.198. The fourth-order valence-electron chi connectivity index (χ4n) is 1.60. The van der Waals surface area contributed by atoms with Crippen molar-refractivity contribution in [2.45, 2.75) is 39.8 Å². The summed E-state index contributed by atoms with van der Waals surface area (Å²) in [5.41, 5.74) is 0.260. The van der Waals surface area contributed by atoms with Crippen LogP contribution in [0.25, 0.3) is 0 Å². The monoisotopic (exact) mass is 227 g/mol. The van der Waals surface area contributed by atoms with Crippen LogP contribution < -0.4 is 5.32 Å². The molecule has 0 aliphatic rings. The van der Waals surface area contributed by atoms with Crippen LogP contribution in [0.4, 0.5) is 0 Å². The maximum atomic E-state index is 9.26. The molecule has 15 heavy (non-hydrogen) atoms. The molecule has 0 saturated heterocycles. The Labute approximate surface area is 96.3 Å². The molecule has 0 fully saturated rings. The Morgan fingerprint density at radius 3 is 2.67 bits per heavy atom. The molecule has 1 aromatic rings. The second-order valence-electron chi connectivity index (χ2n) is 5.10. The van der Waals surface area contributed by atoms with Crippen molar-refractivity contribution in [3.8, 4) is 0 Å². The van der Waals surface area contributed by atoms with E-state index >= 15 is 0 Å². The van der Waals surface area contributed by atoms with Crippen molar-refractivity contribution in [3.63, 3.8) is 0 Å². The molecule has 0 spiro atoms. The third kappa shape index (κ3) is 5.30. The number of nitrogens with one attached hydrogen (secondary N) is 1. The van der Waals surface area contributed by atoms with Crippen LogP contribution in [0.1, 0.15) is 32.1 Å². The summed E-state index contributed by atoms with van der Waals surface area (Å²) in [7, 11) is 0. The predicted molar refractivity (Wildman–Crippen MR) is 66.1 cm³/mol. The first-order chi connectivity index (χ1) is 7.01. The second-order valence-corrected chi connectivity index (χ2v) is 6.14. The number of aliphatic hydroxyl groups is 1. The standard InChI is InChI=1S/C12H21NOS/c1-12(2,3)7-10(9-14)13-8-11-5-4-6-15-11/h4-6,10,13-14H,7-9H2,1-3H3. The largest absolute Gasteiger partial charge is 0.395 e. The van der Waals surface area contributed by atoms with E-state index < -0.39 is 0 Å². The molecular formula is C12H21NOS. The molecule has 2 nitrogen and oxygen atoms in total. The Balaban J connectivity index is 2.34. The summed E-state index contributed by atoms with van der Waals surface area (Å²) in [4.78, 5) is 1.32. The molecule has 0 saturated carbocycles. The zero-order chi connectivity index (χ0) is 11.3. The van der Waals surface area contributed by atoms with E-state index in [9.17, 15) is 5.11 Å². The SMILES string of the molecule is CC(C)(C)CC(CO)NCc1cccs1. The summed E-state index contributed by atoms with van der Waals surface area (Å²) in [6.45, 7) is 7.66. The zero-order valence-corrected chi connectivity index (χ0v) is 10.6. The van der Waals surface area contributed by atoms with Gasteiger partial charge in [0.05, 0.1) is 6.61 Å². The summed E-state index contributed by atoms with van der Waals surface area (Å²) < 4.78 is 0. The Morgan fingerprint density at radius 2 is 2.20 bits per heavy atom. The molecule has 86 valence electrons. The lowest BCUT2D eigenvalue weighted by atomic mass is 9.88. The Kier molecular flexibility index (Phi) is 4.77. The highest BCUT2D eigenvalue weighted by Gasteiger charge is 2.17. The fraction of sp³-hybridized carbons (Fsp3) is 0.667. The summed E-state index contributed by atoms with van der Waals surface area (Å²) in [6, 6.07) is 4.37. The first-order valence-electron chi connectivity index (χ1n) is 5.38. The van der Waals surface area contributed by atoms with E-state index in [4.69, 9.17) is 0 Å². The minimum Gasteiger partial charge on any atom is -0.395 e. The first-order valence-corrected chi connectivity index (χ1v) is 6.26. The zero-order valence-electron chi connectivity index (χ0n) is 9.79. The number of aliphatic hydroxyl groups excluding tert-OH is 1. The van der Waals surface area contributed by atoms with Gasteiger partial charge in [0, 0.05) is 17.5 Å². The van der Waals surface area contributed by atoms with Gasteiger partial charge in [0.25, 0.3) is 0 Å². The molecule has 1 unspecified atom stereocenters. The highest BCUT2D eigenvalue weighted by Crippen LogP contribution is 2.21. The van der Waals surface area contributed by atoms with Crippen molar-refractivity contribution in [3.05, 3.63) is 22.4 Å². The summed E-state index contributed by atoms with van der Waals surface area (Å²) in [5, 5.41) is 14.7. The molecule has 0 bridgehead atoms. The van der Waals surface area contributed by atoms with Gasteiger partial charge in [-0.05, 0) is 23.3 Å². The lowest BCUT2D eigenvalue weighted by Gasteiger charge is -2.25. The number of rotatable bonds is 5. The first kappa shape index (κ1) is 12.7. The molecule has 3 heteroatoms. The molecule has 1 heterocycles. The van der Waals surface area contributed by atoms with Crippen LogP contribution in [-0.2, 0) is 6.54 Å². The molecule has 0 aliphatic carbocycles. The van der Waals surface area contributed by atoms with Crippen molar-refractivity contribution < 1.29 is 5.11 Å². The van der Waals surface area contributed by atoms with Crippen LogP contribution in [-0.4, -0.2) is 17.8 Å². The van der Waals surface area contributed by atoms with Crippen molar-refractivity contribution in [2.75, 3.05) is 6.61 Å². The maximum Gasteiger partial charge on any atom is 0.0584 e. The van der Waals surface area contributed by atoms with Gasteiger partial charge in [-0.15, -0.1) is 11.3 Å². The van der Waals surface area contributed by atoms with Crippen LogP contribution in [0, 0.1) is 5.41 Å². The summed E-state index contributed by atoms with van der Waals surface area (Å²) >= 11 is 1.75. The fourth-order valence-corrected chi connectivity index (χ4v) is 2.25. The maximum absolute atomic E-state index is 9.26. The van der Waals surface area contributed by atoms with Gasteiger partial charge in [-0.1, -0.05) is 26.8 Å². The minimum atomic E-state index is 0.201. The van der Waals surface area contributed by atoms with Gasteiger partial charge < -0.3 is 10.4 Å². The van der Waals surface area contributed by atoms with Gasteiger partial charge in [0.2, 0.25) is 0 Å². The van der Waals surface area contributed by atoms with Gasteiger partial charge in [-0.3, -0.25) is 0 Å². The average molecular weight is 227 g/mol. The van der Waals surface area contributed by atoms with E-state index in [-0.39, 0.29) is 18.1 Å². The van der Waals surface area contributed by atoms with Crippen LogP contribution in [0.3, 0.4) is 0 Å². The van der Waals surface area contributed by atoms with Crippen molar-refractivity contribution >= 4 is 11.3 Å². The highest BCUT2D eigenvalue weighted by molar-refractivity contribution is 7.09. The molecule has 0 radical (unpaired) electrons. The second kappa shape index (κ2) is 5.64. The molecule has 0 aromatic carbocycles. The number of thiophene rings is 1. The normalized spacial score (nSPS) is 14.1. The van der Waals surface area contributed by atoms with E-state index in [1.165, 1.54) is 4.88 Å². The Bertz CT molecular complexity index is 264. The third-order valence-corrected chi connectivity index (χ3v) is 3.10. The van der Waals surface area contributed by atoms with Gasteiger partial charge in [-0.25, -0.2) is 0 Å². The van der Waals surface area contributed by atoms with E-state index in [1.54, 1.807) is 11.3 Å². The van der Waals surface area contributed by atoms with E-state index in [2.05, 4.69) is 43.6 Å². The smallest absolute Gasteiger partial charge is 0.0584 e. The van der Waals surface area contributed by atoms with E-state index in [0.29, 0.717) is 0 Å². The van der Waals surface area contributed by atoms with Gasteiger partial charge in [0.15, 0.2) is 0 Å². The molecule has 2 N–H and O–H groups in total.